The van der Waals surface area contributed by atoms with Crippen molar-refractivity contribution in [1.82, 2.24) is 10.1 Å². The number of carbonyl (C=O) groups excluding carboxylic acids is 1. The van der Waals surface area contributed by atoms with Crippen molar-refractivity contribution in [2.45, 2.75) is 6.92 Å². The lowest BCUT2D eigenvalue weighted by Gasteiger charge is -2.28. The average molecular weight is 288 g/mol. The number of anilines is 2. The number of ether oxygens (including phenoxy) is 1. The van der Waals surface area contributed by atoms with Crippen molar-refractivity contribution in [1.29, 1.82) is 0 Å². The number of rotatable bonds is 3. The van der Waals surface area contributed by atoms with E-state index >= 15 is 0 Å². The Labute approximate surface area is 121 Å². The first-order valence-corrected chi connectivity index (χ1v) is 6.76. The van der Waals surface area contributed by atoms with E-state index in [1.165, 1.54) is 0 Å². The van der Waals surface area contributed by atoms with Crippen molar-refractivity contribution in [3.63, 3.8) is 0 Å². The van der Waals surface area contributed by atoms with Crippen LogP contribution in [-0.2, 0) is 4.74 Å². The van der Waals surface area contributed by atoms with Crippen LogP contribution in [0.4, 0.5) is 11.5 Å². The zero-order valence-corrected chi connectivity index (χ0v) is 11.7. The number of pyridine rings is 1. The topological polar surface area (TPSA) is 80.5 Å². The van der Waals surface area contributed by atoms with Crippen LogP contribution in [0.5, 0.6) is 0 Å². The maximum atomic E-state index is 12.2. The summed E-state index contributed by atoms with van der Waals surface area (Å²) in [6.45, 7) is 4.78. The van der Waals surface area contributed by atoms with E-state index in [9.17, 15) is 4.79 Å². The Morgan fingerprint density at radius 3 is 2.86 bits per heavy atom. The molecule has 0 aliphatic carbocycles. The van der Waals surface area contributed by atoms with E-state index < -0.39 is 0 Å². The molecule has 1 aliphatic rings. The second-order valence-electron chi connectivity index (χ2n) is 4.78. The van der Waals surface area contributed by atoms with Gasteiger partial charge in [0, 0.05) is 31.0 Å². The van der Waals surface area contributed by atoms with Crippen LogP contribution in [0.3, 0.4) is 0 Å². The van der Waals surface area contributed by atoms with Crippen LogP contribution in [0.1, 0.15) is 16.2 Å². The summed E-state index contributed by atoms with van der Waals surface area (Å²) in [5, 5.41) is 6.39. The number of hydrogen-bond donors (Lipinski definition) is 1. The minimum atomic E-state index is -0.307. The molecule has 3 rings (SSSR count). The van der Waals surface area contributed by atoms with E-state index in [4.69, 9.17) is 9.26 Å². The summed E-state index contributed by atoms with van der Waals surface area (Å²) in [5.41, 5.74) is 1.31. The predicted octanol–water partition coefficient (Wildman–Crippen LogP) is 1.47. The van der Waals surface area contributed by atoms with E-state index in [-0.39, 0.29) is 5.91 Å². The SMILES string of the molecule is Cc1cc(NC(=O)c2cc(N3CCOCC3)ccn2)no1. The van der Waals surface area contributed by atoms with Gasteiger partial charge >= 0.3 is 0 Å². The molecule has 3 heterocycles. The van der Waals surface area contributed by atoms with Gasteiger partial charge in [0.25, 0.3) is 5.91 Å². The van der Waals surface area contributed by atoms with Gasteiger partial charge in [-0.05, 0) is 19.1 Å². The second kappa shape index (κ2) is 5.92. The fraction of sp³-hybridized carbons (Fsp3) is 0.357. The van der Waals surface area contributed by atoms with Crippen LogP contribution in [0.15, 0.2) is 28.9 Å². The Bertz CT molecular complexity index is 635. The monoisotopic (exact) mass is 288 g/mol. The molecule has 1 fully saturated rings. The maximum absolute atomic E-state index is 12.2. The number of nitrogens with one attached hydrogen (secondary N) is 1. The molecule has 0 bridgehead atoms. The minimum Gasteiger partial charge on any atom is -0.378 e. The first-order valence-electron chi connectivity index (χ1n) is 6.76. The number of carbonyl (C=O) groups is 1. The van der Waals surface area contributed by atoms with Crippen molar-refractivity contribution in [2.24, 2.45) is 0 Å². The Kier molecular flexibility index (Phi) is 3.83. The third-order valence-corrected chi connectivity index (χ3v) is 3.22. The molecule has 21 heavy (non-hydrogen) atoms. The molecule has 110 valence electrons. The second-order valence-corrected chi connectivity index (χ2v) is 4.78. The van der Waals surface area contributed by atoms with E-state index in [2.05, 4.69) is 20.4 Å². The van der Waals surface area contributed by atoms with Crippen molar-refractivity contribution in [3.05, 3.63) is 35.9 Å². The molecule has 0 radical (unpaired) electrons. The van der Waals surface area contributed by atoms with Gasteiger partial charge in [0.05, 0.1) is 13.2 Å². The smallest absolute Gasteiger partial charge is 0.275 e. The van der Waals surface area contributed by atoms with Crippen LogP contribution in [-0.4, -0.2) is 42.4 Å². The molecule has 2 aromatic rings. The number of amides is 1. The minimum absolute atomic E-state index is 0.307. The number of nitrogens with zero attached hydrogens (tertiary/aromatic N) is 3. The molecular weight excluding hydrogens is 272 g/mol. The summed E-state index contributed by atoms with van der Waals surface area (Å²) in [7, 11) is 0. The van der Waals surface area contributed by atoms with E-state index in [0.29, 0.717) is 30.5 Å². The number of aromatic nitrogens is 2. The van der Waals surface area contributed by atoms with Crippen LogP contribution in [0.2, 0.25) is 0 Å². The normalized spacial score (nSPS) is 15.0. The molecule has 0 saturated carbocycles. The number of aryl methyl sites for hydroxylation is 1. The highest BCUT2D eigenvalue weighted by molar-refractivity contribution is 6.02. The van der Waals surface area contributed by atoms with E-state index in [0.717, 1.165) is 18.8 Å². The molecule has 2 aromatic heterocycles. The average Bonchev–Trinajstić information content (AvgIpc) is 2.93. The largest absolute Gasteiger partial charge is 0.378 e. The van der Waals surface area contributed by atoms with Gasteiger partial charge in [-0.2, -0.15) is 0 Å². The molecule has 1 aliphatic heterocycles. The molecule has 7 nitrogen and oxygen atoms in total. The summed E-state index contributed by atoms with van der Waals surface area (Å²) >= 11 is 0. The van der Waals surface area contributed by atoms with Crippen LogP contribution >= 0.6 is 0 Å². The van der Waals surface area contributed by atoms with Gasteiger partial charge in [0.15, 0.2) is 5.82 Å². The number of morpholine rings is 1. The summed E-state index contributed by atoms with van der Waals surface area (Å²) in [6, 6.07) is 5.32. The first kappa shape index (κ1) is 13.6. The molecule has 1 saturated heterocycles. The van der Waals surface area contributed by atoms with Crippen molar-refractivity contribution < 1.29 is 14.1 Å². The fourth-order valence-corrected chi connectivity index (χ4v) is 2.17. The van der Waals surface area contributed by atoms with Crippen molar-refractivity contribution in [2.75, 3.05) is 36.5 Å². The van der Waals surface area contributed by atoms with Crippen molar-refractivity contribution in [3.8, 4) is 0 Å². The summed E-state index contributed by atoms with van der Waals surface area (Å²) in [5.74, 6) is 0.717. The molecule has 0 unspecified atom stereocenters. The molecule has 0 aromatic carbocycles. The lowest BCUT2D eigenvalue weighted by atomic mass is 10.2. The Morgan fingerprint density at radius 1 is 1.33 bits per heavy atom. The predicted molar refractivity (Wildman–Crippen MR) is 76.5 cm³/mol. The summed E-state index contributed by atoms with van der Waals surface area (Å²) < 4.78 is 10.2. The quantitative estimate of drug-likeness (QED) is 0.921. The summed E-state index contributed by atoms with van der Waals surface area (Å²) in [6.07, 6.45) is 1.63. The van der Waals surface area contributed by atoms with Gasteiger partial charge in [-0.3, -0.25) is 9.78 Å². The first-order chi connectivity index (χ1) is 10.2. The van der Waals surface area contributed by atoms with Gasteiger partial charge < -0.3 is 19.5 Å². The molecule has 7 heteroatoms. The third kappa shape index (κ3) is 3.19. The lowest BCUT2D eigenvalue weighted by molar-refractivity contribution is 0.102. The summed E-state index contributed by atoms with van der Waals surface area (Å²) in [4.78, 5) is 18.4. The highest BCUT2D eigenvalue weighted by Gasteiger charge is 2.15. The zero-order valence-electron chi connectivity index (χ0n) is 11.7. The van der Waals surface area contributed by atoms with Crippen LogP contribution < -0.4 is 10.2 Å². The van der Waals surface area contributed by atoms with Gasteiger partial charge in [-0.15, -0.1) is 0 Å². The van der Waals surface area contributed by atoms with Crippen LogP contribution in [0.25, 0.3) is 0 Å². The molecule has 0 spiro atoms. The van der Waals surface area contributed by atoms with E-state index in [1.807, 2.05) is 6.07 Å². The standard InChI is InChI=1S/C14H16N4O3/c1-10-8-13(17-21-10)16-14(19)12-9-11(2-3-15-12)18-4-6-20-7-5-18/h2-3,8-9H,4-7H2,1H3,(H,16,17,19). The molecule has 0 atom stereocenters. The van der Waals surface area contributed by atoms with Gasteiger partial charge in [0.2, 0.25) is 0 Å². The number of hydrogen-bond acceptors (Lipinski definition) is 6. The van der Waals surface area contributed by atoms with Gasteiger partial charge in [-0.1, -0.05) is 5.16 Å². The molecule has 1 amide bonds. The molecule has 1 N–H and O–H groups in total. The molecular formula is C14H16N4O3. The fourth-order valence-electron chi connectivity index (χ4n) is 2.17. The van der Waals surface area contributed by atoms with Gasteiger partial charge in [-0.25, -0.2) is 0 Å². The van der Waals surface area contributed by atoms with Crippen LogP contribution in [0, 0.1) is 6.92 Å². The Morgan fingerprint density at radius 2 is 2.14 bits per heavy atom. The van der Waals surface area contributed by atoms with Gasteiger partial charge in [0.1, 0.15) is 11.5 Å². The highest BCUT2D eigenvalue weighted by atomic mass is 16.5. The van der Waals surface area contributed by atoms with Crippen molar-refractivity contribution >= 4 is 17.4 Å². The Hall–Kier alpha value is -2.41. The lowest BCUT2D eigenvalue weighted by Crippen LogP contribution is -2.36. The third-order valence-electron chi connectivity index (χ3n) is 3.22. The Balaban J connectivity index is 1.74. The van der Waals surface area contributed by atoms with E-state index in [1.54, 1.807) is 25.3 Å². The highest BCUT2D eigenvalue weighted by Crippen LogP contribution is 2.17. The zero-order chi connectivity index (χ0) is 14.7. The maximum Gasteiger partial charge on any atom is 0.275 e.